The van der Waals surface area contributed by atoms with Gasteiger partial charge in [0.15, 0.2) is 18.0 Å². The number of aryl methyl sites for hydroxylation is 1. The fourth-order valence-corrected chi connectivity index (χ4v) is 3.81. The summed E-state index contributed by atoms with van der Waals surface area (Å²) in [6.07, 6.45) is 6.22. The number of amides is 2. The van der Waals surface area contributed by atoms with E-state index in [1.165, 1.54) is 12.7 Å². The van der Waals surface area contributed by atoms with Crippen molar-refractivity contribution in [3.8, 4) is 22.5 Å². The second kappa shape index (κ2) is 8.28. The average Bonchev–Trinajstić information content (AvgIpc) is 3.53. The Balaban J connectivity index is 1.41. The molecule has 178 valence electrons. The maximum atomic E-state index is 12.6. The highest BCUT2D eigenvalue weighted by Crippen LogP contribution is 2.38. The predicted octanol–water partition coefficient (Wildman–Crippen LogP) is 4.31. The first-order valence-electron chi connectivity index (χ1n) is 10.9. The van der Waals surface area contributed by atoms with E-state index in [1.807, 2.05) is 36.5 Å². The SMILES string of the molecule is Cn1nc(C(C)(C)C)cc1NC(=O)Nc1ccc(-c2c(-c3cnco3)cn3ncnc(N)c23)cc1. The molecule has 4 heterocycles. The number of urea groups is 1. The number of rotatable bonds is 4. The van der Waals surface area contributed by atoms with Crippen molar-refractivity contribution >= 4 is 28.9 Å². The molecule has 1 aromatic carbocycles. The summed E-state index contributed by atoms with van der Waals surface area (Å²) in [5.74, 6) is 1.53. The summed E-state index contributed by atoms with van der Waals surface area (Å²) in [7, 11) is 1.80. The first-order chi connectivity index (χ1) is 16.7. The molecule has 0 unspecified atom stereocenters. The summed E-state index contributed by atoms with van der Waals surface area (Å²) in [5, 5.41) is 14.5. The van der Waals surface area contributed by atoms with Crippen molar-refractivity contribution in [1.29, 1.82) is 0 Å². The van der Waals surface area contributed by atoms with Crippen molar-refractivity contribution in [2.75, 3.05) is 16.4 Å². The van der Waals surface area contributed by atoms with Gasteiger partial charge in [0, 0.05) is 41.5 Å². The van der Waals surface area contributed by atoms with Gasteiger partial charge < -0.3 is 15.5 Å². The van der Waals surface area contributed by atoms with Crippen LogP contribution in [0.1, 0.15) is 26.5 Å². The first kappa shape index (κ1) is 22.1. The van der Waals surface area contributed by atoms with Gasteiger partial charge in [-0.05, 0) is 17.7 Å². The Bertz CT molecular complexity index is 1510. The van der Waals surface area contributed by atoms with Crippen molar-refractivity contribution in [3.63, 3.8) is 0 Å². The maximum Gasteiger partial charge on any atom is 0.324 e. The highest BCUT2D eigenvalue weighted by Gasteiger charge is 2.21. The Morgan fingerprint density at radius 2 is 1.91 bits per heavy atom. The van der Waals surface area contributed by atoms with E-state index in [1.54, 1.807) is 22.4 Å². The van der Waals surface area contributed by atoms with Crippen LogP contribution in [0.3, 0.4) is 0 Å². The molecule has 11 heteroatoms. The summed E-state index contributed by atoms with van der Waals surface area (Å²) in [6, 6.07) is 8.91. The summed E-state index contributed by atoms with van der Waals surface area (Å²) in [6.45, 7) is 6.22. The van der Waals surface area contributed by atoms with Crippen LogP contribution in [-0.2, 0) is 12.5 Å². The quantitative estimate of drug-likeness (QED) is 0.355. The molecule has 0 atom stereocenters. The summed E-state index contributed by atoms with van der Waals surface area (Å²) in [5.41, 5.74) is 10.7. The Morgan fingerprint density at radius 1 is 1.14 bits per heavy atom. The molecule has 2 amide bonds. The zero-order chi connectivity index (χ0) is 24.7. The molecule has 0 aliphatic heterocycles. The number of fused-ring (bicyclic) bond motifs is 1. The molecule has 35 heavy (non-hydrogen) atoms. The van der Waals surface area contributed by atoms with Gasteiger partial charge in [-0.1, -0.05) is 32.9 Å². The van der Waals surface area contributed by atoms with Crippen LogP contribution in [-0.4, -0.2) is 35.4 Å². The number of nitrogen functional groups attached to an aromatic ring is 1. The van der Waals surface area contributed by atoms with Gasteiger partial charge in [-0.25, -0.2) is 19.3 Å². The fraction of sp³-hybridized carbons (Fsp3) is 0.208. The number of nitrogens with two attached hydrogens (primary N) is 1. The van der Waals surface area contributed by atoms with Crippen molar-refractivity contribution in [2.45, 2.75) is 26.2 Å². The topological polar surface area (TPSA) is 141 Å². The van der Waals surface area contributed by atoms with Crippen LogP contribution >= 0.6 is 0 Å². The van der Waals surface area contributed by atoms with Crippen molar-refractivity contribution in [2.24, 2.45) is 7.05 Å². The average molecular weight is 472 g/mol. The zero-order valence-electron chi connectivity index (χ0n) is 19.8. The maximum absolute atomic E-state index is 12.6. The third-order valence-corrected chi connectivity index (χ3v) is 5.62. The lowest BCUT2D eigenvalue weighted by Crippen LogP contribution is -2.20. The van der Waals surface area contributed by atoms with Gasteiger partial charge in [-0.3, -0.25) is 10.00 Å². The smallest absolute Gasteiger partial charge is 0.324 e. The molecule has 0 aliphatic carbocycles. The summed E-state index contributed by atoms with van der Waals surface area (Å²) < 4.78 is 8.84. The van der Waals surface area contributed by atoms with Gasteiger partial charge in [0.2, 0.25) is 0 Å². The number of aromatic nitrogens is 6. The van der Waals surface area contributed by atoms with Crippen molar-refractivity contribution < 1.29 is 9.21 Å². The predicted molar refractivity (Wildman–Crippen MR) is 133 cm³/mol. The first-order valence-corrected chi connectivity index (χ1v) is 10.9. The van der Waals surface area contributed by atoms with E-state index < -0.39 is 0 Å². The van der Waals surface area contributed by atoms with Gasteiger partial charge in [0.25, 0.3) is 0 Å². The van der Waals surface area contributed by atoms with Crippen LogP contribution in [0, 0.1) is 0 Å². The van der Waals surface area contributed by atoms with E-state index in [4.69, 9.17) is 10.2 Å². The summed E-state index contributed by atoms with van der Waals surface area (Å²) >= 11 is 0. The second-order valence-corrected chi connectivity index (χ2v) is 9.17. The second-order valence-electron chi connectivity index (χ2n) is 9.17. The molecule has 0 bridgehead atoms. The van der Waals surface area contributed by atoms with Crippen molar-refractivity contribution in [1.82, 2.24) is 29.4 Å². The number of anilines is 3. The lowest BCUT2D eigenvalue weighted by atomic mass is 9.92. The van der Waals surface area contributed by atoms with Crippen LogP contribution in [0.25, 0.3) is 28.0 Å². The van der Waals surface area contributed by atoms with E-state index in [2.05, 4.69) is 51.6 Å². The third kappa shape index (κ3) is 4.19. The van der Waals surface area contributed by atoms with E-state index in [0.717, 1.165) is 22.4 Å². The number of hydrogen-bond donors (Lipinski definition) is 3. The normalized spacial score (nSPS) is 11.7. The highest BCUT2D eigenvalue weighted by molar-refractivity contribution is 6.00. The molecular weight excluding hydrogens is 446 g/mol. The molecule has 4 aromatic heterocycles. The molecule has 0 saturated carbocycles. The zero-order valence-corrected chi connectivity index (χ0v) is 19.8. The molecule has 0 saturated heterocycles. The van der Waals surface area contributed by atoms with Crippen LogP contribution < -0.4 is 16.4 Å². The highest BCUT2D eigenvalue weighted by atomic mass is 16.3. The number of nitrogens with zero attached hydrogens (tertiary/aromatic N) is 6. The molecule has 0 spiro atoms. The molecule has 0 aliphatic rings. The molecule has 11 nitrogen and oxygen atoms in total. The number of hydrogen-bond acceptors (Lipinski definition) is 7. The number of nitrogens with one attached hydrogen (secondary N) is 2. The molecule has 5 aromatic rings. The van der Waals surface area contributed by atoms with Crippen LogP contribution in [0.2, 0.25) is 0 Å². The van der Waals surface area contributed by atoms with Gasteiger partial charge in [-0.15, -0.1) is 0 Å². The van der Waals surface area contributed by atoms with Crippen LogP contribution in [0.15, 0.2) is 59.9 Å². The minimum absolute atomic E-state index is 0.119. The molecular formula is C24H25N9O2. The largest absolute Gasteiger partial charge is 0.443 e. The number of oxazole rings is 1. The van der Waals surface area contributed by atoms with Crippen molar-refractivity contribution in [3.05, 3.63) is 61.1 Å². The lowest BCUT2D eigenvalue weighted by Gasteiger charge is -2.13. The molecule has 0 fully saturated rings. The number of carbonyl (C=O) groups excluding carboxylic acids is 1. The van der Waals surface area contributed by atoms with Gasteiger partial charge >= 0.3 is 6.03 Å². The standard InChI is InChI=1S/C24H25N9O2/c1-24(2,3)18-9-19(32(4)31-18)30-23(34)29-15-7-5-14(6-8-15)20-16(17-10-26-13-35-17)11-33-21(20)22(25)27-12-28-33/h5-13H,1-4H3,(H2,25,27,28)(H2,29,30,34). The van der Waals surface area contributed by atoms with E-state index >= 15 is 0 Å². The van der Waals surface area contributed by atoms with Gasteiger partial charge in [-0.2, -0.15) is 10.2 Å². The molecule has 5 rings (SSSR count). The number of benzene rings is 1. The van der Waals surface area contributed by atoms with Gasteiger partial charge in [0.1, 0.15) is 17.7 Å². The molecule has 4 N–H and O–H groups in total. The van der Waals surface area contributed by atoms with E-state index in [0.29, 0.717) is 28.6 Å². The minimum atomic E-state index is -0.365. The minimum Gasteiger partial charge on any atom is -0.443 e. The Hall–Kier alpha value is -4.67. The molecule has 0 radical (unpaired) electrons. The Kier molecular flexibility index (Phi) is 5.24. The van der Waals surface area contributed by atoms with Crippen LogP contribution in [0.4, 0.5) is 22.1 Å². The lowest BCUT2D eigenvalue weighted by molar-refractivity contribution is 0.262. The monoisotopic (exact) mass is 471 g/mol. The number of carbonyl (C=O) groups is 1. The summed E-state index contributed by atoms with van der Waals surface area (Å²) in [4.78, 5) is 20.8. The Morgan fingerprint density at radius 3 is 2.57 bits per heavy atom. The van der Waals surface area contributed by atoms with Crippen LogP contribution in [0.5, 0.6) is 0 Å². The Labute approximate surface area is 201 Å². The van der Waals surface area contributed by atoms with Gasteiger partial charge in [0.05, 0.1) is 11.9 Å². The fourth-order valence-electron chi connectivity index (χ4n) is 3.81. The van der Waals surface area contributed by atoms with E-state index in [-0.39, 0.29) is 11.4 Å². The third-order valence-electron chi connectivity index (χ3n) is 5.62. The van der Waals surface area contributed by atoms with E-state index in [9.17, 15) is 4.79 Å².